The number of ether oxygens (including phenoxy) is 2. The van der Waals surface area contributed by atoms with E-state index in [1.807, 2.05) is 13.0 Å². The van der Waals surface area contributed by atoms with E-state index in [1.165, 1.54) is 20.4 Å². The average molecular weight is 370 g/mol. The first-order valence-corrected chi connectivity index (χ1v) is 8.71. The van der Waals surface area contributed by atoms with Crippen molar-refractivity contribution in [2.45, 2.75) is 44.1 Å². The number of aromatic amines is 1. The first-order chi connectivity index (χ1) is 13.0. The summed E-state index contributed by atoms with van der Waals surface area (Å²) >= 11 is 0. The van der Waals surface area contributed by atoms with E-state index in [-0.39, 0.29) is 11.9 Å². The van der Waals surface area contributed by atoms with Gasteiger partial charge in [0, 0.05) is 24.8 Å². The van der Waals surface area contributed by atoms with Crippen molar-refractivity contribution in [2.24, 2.45) is 0 Å². The van der Waals surface area contributed by atoms with Gasteiger partial charge in [-0.1, -0.05) is 0 Å². The maximum atomic E-state index is 12.1. The highest BCUT2D eigenvalue weighted by molar-refractivity contribution is 5.79. The summed E-state index contributed by atoms with van der Waals surface area (Å²) in [7, 11) is 2.88. The van der Waals surface area contributed by atoms with Crippen LogP contribution in [0.1, 0.15) is 48.7 Å². The zero-order valence-corrected chi connectivity index (χ0v) is 15.6. The molecule has 0 saturated heterocycles. The van der Waals surface area contributed by atoms with Crippen LogP contribution in [-0.4, -0.2) is 46.0 Å². The summed E-state index contributed by atoms with van der Waals surface area (Å²) in [6.45, 7) is 1.90. The van der Waals surface area contributed by atoms with E-state index in [0.717, 1.165) is 5.69 Å². The van der Waals surface area contributed by atoms with Crippen molar-refractivity contribution in [1.29, 1.82) is 5.26 Å². The summed E-state index contributed by atoms with van der Waals surface area (Å²) in [5.74, 6) is 0.805. The van der Waals surface area contributed by atoms with Gasteiger partial charge in [-0.05, 0) is 32.6 Å². The second-order valence-electron chi connectivity index (χ2n) is 6.63. The Hall–Kier alpha value is -2.99. The van der Waals surface area contributed by atoms with Gasteiger partial charge in [-0.15, -0.1) is 0 Å². The Labute approximate surface area is 157 Å². The van der Waals surface area contributed by atoms with Crippen molar-refractivity contribution in [3.05, 3.63) is 29.3 Å². The number of H-pyrrole nitrogens is 1. The number of nitriles is 1. The molecule has 9 heteroatoms. The van der Waals surface area contributed by atoms with Crippen LogP contribution in [0.15, 0.2) is 12.3 Å². The molecule has 1 aliphatic carbocycles. The smallest absolute Gasteiger partial charge is 0.338 e. The third-order valence-corrected chi connectivity index (χ3v) is 5.00. The van der Waals surface area contributed by atoms with Gasteiger partial charge >= 0.3 is 5.97 Å². The molecule has 0 amide bonds. The van der Waals surface area contributed by atoms with Gasteiger partial charge in [0.05, 0.1) is 19.0 Å². The molecule has 27 heavy (non-hydrogen) atoms. The number of esters is 1. The van der Waals surface area contributed by atoms with Crippen molar-refractivity contribution in [2.75, 3.05) is 19.5 Å². The summed E-state index contributed by atoms with van der Waals surface area (Å²) < 4.78 is 10.4. The van der Waals surface area contributed by atoms with Gasteiger partial charge in [0.1, 0.15) is 6.07 Å². The SMILES string of the molecule is COC(=O)C1(OC)CCC(c2nc(Nc3cc(C)[nH]n3)cnc2C#N)CC1. The highest BCUT2D eigenvalue weighted by Gasteiger charge is 2.44. The number of carbonyl (C=O) groups is 1. The molecule has 0 atom stereocenters. The number of hydrogen-bond donors (Lipinski definition) is 2. The molecule has 9 nitrogen and oxygen atoms in total. The molecular weight excluding hydrogens is 348 g/mol. The molecule has 142 valence electrons. The van der Waals surface area contributed by atoms with Crippen molar-refractivity contribution in [3.63, 3.8) is 0 Å². The number of aromatic nitrogens is 4. The predicted molar refractivity (Wildman–Crippen MR) is 96.3 cm³/mol. The second-order valence-corrected chi connectivity index (χ2v) is 6.63. The molecule has 0 radical (unpaired) electrons. The maximum absolute atomic E-state index is 12.1. The minimum absolute atomic E-state index is 0.0164. The van der Waals surface area contributed by atoms with Gasteiger partial charge in [0.25, 0.3) is 0 Å². The molecule has 0 aliphatic heterocycles. The minimum Gasteiger partial charge on any atom is -0.467 e. The lowest BCUT2D eigenvalue weighted by Crippen LogP contribution is -2.44. The number of carbonyl (C=O) groups excluding carboxylic acids is 1. The highest BCUT2D eigenvalue weighted by Crippen LogP contribution is 2.40. The van der Waals surface area contributed by atoms with Gasteiger partial charge < -0.3 is 14.8 Å². The van der Waals surface area contributed by atoms with Crippen molar-refractivity contribution in [1.82, 2.24) is 20.2 Å². The van der Waals surface area contributed by atoms with E-state index in [1.54, 1.807) is 0 Å². The highest BCUT2D eigenvalue weighted by atomic mass is 16.6. The normalized spacial score (nSPS) is 22.1. The first kappa shape index (κ1) is 18.8. The topological polar surface area (TPSA) is 126 Å². The average Bonchev–Trinajstić information content (AvgIpc) is 3.12. The van der Waals surface area contributed by atoms with Crippen LogP contribution in [0, 0.1) is 18.3 Å². The molecule has 2 heterocycles. The third kappa shape index (κ3) is 3.75. The van der Waals surface area contributed by atoms with Gasteiger partial charge in [0.2, 0.25) is 0 Å². The molecule has 0 aromatic carbocycles. The predicted octanol–water partition coefficient (Wildman–Crippen LogP) is 2.34. The first-order valence-electron chi connectivity index (χ1n) is 8.71. The van der Waals surface area contributed by atoms with Gasteiger partial charge in [0.15, 0.2) is 22.9 Å². The van der Waals surface area contributed by atoms with Crippen LogP contribution in [-0.2, 0) is 14.3 Å². The van der Waals surface area contributed by atoms with Crippen LogP contribution in [0.25, 0.3) is 0 Å². The lowest BCUT2D eigenvalue weighted by molar-refractivity contribution is -0.170. The molecular formula is C18H22N6O3. The zero-order valence-electron chi connectivity index (χ0n) is 15.6. The van der Waals surface area contributed by atoms with E-state index in [4.69, 9.17) is 9.47 Å². The molecule has 1 aliphatic rings. The Morgan fingerprint density at radius 2 is 2.11 bits per heavy atom. The van der Waals surface area contributed by atoms with Crippen LogP contribution >= 0.6 is 0 Å². The standard InChI is InChI=1S/C18H22N6O3/c1-11-8-14(24-23-11)21-15-10-20-13(9-19)16(22-15)12-4-6-18(27-3,7-5-12)17(25)26-2/h8,10,12H,4-7H2,1-3H3,(H2,21,22,23,24). The summed E-state index contributed by atoms with van der Waals surface area (Å²) in [4.78, 5) is 20.9. The fourth-order valence-corrected chi connectivity index (χ4v) is 3.48. The molecule has 1 fully saturated rings. The molecule has 2 aromatic heterocycles. The number of rotatable bonds is 5. The number of anilines is 2. The lowest BCUT2D eigenvalue weighted by atomic mass is 9.77. The second kappa shape index (κ2) is 7.72. The van der Waals surface area contributed by atoms with E-state index >= 15 is 0 Å². The van der Waals surface area contributed by atoms with Crippen LogP contribution < -0.4 is 5.32 Å². The van der Waals surface area contributed by atoms with Gasteiger partial charge in [-0.2, -0.15) is 10.4 Å². The Bertz CT molecular complexity index is 864. The lowest BCUT2D eigenvalue weighted by Gasteiger charge is -2.36. The number of nitrogens with zero attached hydrogens (tertiary/aromatic N) is 4. The summed E-state index contributed by atoms with van der Waals surface area (Å²) in [5, 5.41) is 19.5. The zero-order chi connectivity index (χ0) is 19.4. The third-order valence-electron chi connectivity index (χ3n) is 5.00. The van der Waals surface area contributed by atoms with Gasteiger partial charge in [-0.3, -0.25) is 5.10 Å². The van der Waals surface area contributed by atoms with Crippen LogP contribution in [0.2, 0.25) is 0 Å². The Morgan fingerprint density at radius 1 is 1.37 bits per heavy atom. The molecule has 0 unspecified atom stereocenters. The van der Waals surface area contributed by atoms with Gasteiger partial charge in [-0.25, -0.2) is 14.8 Å². The molecule has 2 N–H and O–H groups in total. The van der Waals surface area contributed by atoms with E-state index in [0.29, 0.717) is 48.7 Å². The van der Waals surface area contributed by atoms with Crippen molar-refractivity contribution >= 4 is 17.6 Å². The summed E-state index contributed by atoms with van der Waals surface area (Å²) in [5.41, 5.74) is 0.926. The number of methoxy groups -OCH3 is 2. The van der Waals surface area contributed by atoms with E-state index in [9.17, 15) is 10.1 Å². The Balaban J connectivity index is 1.81. The van der Waals surface area contributed by atoms with Crippen molar-refractivity contribution < 1.29 is 14.3 Å². The van der Waals surface area contributed by atoms with E-state index < -0.39 is 5.60 Å². The molecule has 0 spiro atoms. The minimum atomic E-state index is -0.923. The molecule has 0 bridgehead atoms. The van der Waals surface area contributed by atoms with Crippen LogP contribution in [0.5, 0.6) is 0 Å². The van der Waals surface area contributed by atoms with Crippen LogP contribution in [0.3, 0.4) is 0 Å². The fourth-order valence-electron chi connectivity index (χ4n) is 3.48. The Morgan fingerprint density at radius 3 is 2.67 bits per heavy atom. The number of nitrogens with one attached hydrogen (secondary N) is 2. The molecule has 3 rings (SSSR count). The quantitative estimate of drug-likeness (QED) is 0.768. The van der Waals surface area contributed by atoms with E-state index in [2.05, 4.69) is 31.6 Å². The fraction of sp³-hybridized carbons (Fsp3) is 0.500. The van der Waals surface area contributed by atoms with Crippen molar-refractivity contribution in [3.8, 4) is 6.07 Å². The summed E-state index contributed by atoms with van der Waals surface area (Å²) in [6.07, 6.45) is 3.82. The summed E-state index contributed by atoms with van der Waals surface area (Å²) in [6, 6.07) is 3.96. The molecule has 1 saturated carbocycles. The van der Waals surface area contributed by atoms with Crippen LogP contribution in [0.4, 0.5) is 11.6 Å². The Kier molecular flexibility index (Phi) is 5.37. The largest absolute Gasteiger partial charge is 0.467 e. The number of aryl methyl sites for hydroxylation is 1. The number of hydrogen-bond acceptors (Lipinski definition) is 8. The maximum Gasteiger partial charge on any atom is 0.338 e. The monoisotopic (exact) mass is 370 g/mol. The molecule has 2 aromatic rings.